The summed E-state index contributed by atoms with van der Waals surface area (Å²) in [5, 5.41) is 6.24. The van der Waals surface area contributed by atoms with Gasteiger partial charge in [-0.2, -0.15) is 0 Å². The molecular weight excluding hydrogens is 206 g/mol. The summed E-state index contributed by atoms with van der Waals surface area (Å²) in [5.41, 5.74) is 1.51. The van der Waals surface area contributed by atoms with Crippen LogP contribution in [0.1, 0.15) is 31.2 Å². The number of fused-ring (bicyclic) bond motifs is 1. The zero-order valence-electron chi connectivity index (χ0n) is 10.3. The molecule has 1 aliphatic rings. The van der Waals surface area contributed by atoms with Gasteiger partial charge in [-0.15, -0.1) is 0 Å². The molecule has 0 spiro atoms. The molecule has 0 radical (unpaired) electrons. The third-order valence-corrected chi connectivity index (χ3v) is 3.87. The largest absolute Gasteiger partial charge is 0.314 e. The van der Waals surface area contributed by atoms with Crippen molar-refractivity contribution < 1.29 is 0 Å². The van der Waals surface area contributed by atoms with E-state index in [-0.39, 0.29) is 0 Å². The summed E-state index contributed by atoms with van der Waals surface area (Å²) < 4.78 is 0. The molecule has 2 atom stereocenters. The molecule has 0 unspecified atom stereocenters. The molecule has 3 rings (SSSR count). The van der Waals surface area contributed by atoms with Crippen LogP contribution in [0.4, 0.5) is 0 Å². The molecule has 0 amide bonds. The number of nitrogens with one attached hydrogen (secondary N) is 1. The van der Waals surface area contributed by atoms with Crippen LogP contribution in [0.15, 0.2) is 42.5 Å². The number of hydrogen-bond acceptors (Lipinski definition) is 1. The summed E-state index contributed by atoms with van der Waals surface area (Å²) in [6.07, 6.45) is 2.53. The van der Waals surface area contributed by atoms with Gasteiger partial charge in [-0.1, -0.05) is 42.5 Å². The Morgan fingerprint density at radius 1 is 1.06 bits per heavy atom. The van der Waals surface area contributed by atoms with Crippen LogP contribution in [0.3, 0.4) is 0 Å². The van der Waals surface area contributed by atoms with Gasteiger partial charge in [0.2, 0.25) is 0 Å². The minimum atomic E-state index is 0.653. The van der Waals surface area contributed by atoms with Crippen molar-refractivity contribution >= 4 is 10.8 Å². The van der Waals surface area contributed by atoms with Gasteiger partial charge in [0.15, 0.2) is 0 Å². The summed E-state index contributed by atoms with van der Waals surface area (Å²) in [5.74, 6) is 0.732. The Labute approximate surface area is 103 Å². The van der Waals surface area contributed by atoms with Crippen LogP contribution in [-0.2, 0) is 0 Å². The van der Waals surface area contributed by atoms with Crippen LogP contribution in [0.2, 0.25) is 0 Å². The topological polar surface area (TPSA) is 12.0 Å². The fourth-order valence-electron chi connectivity index (χ4n) is 2.90. The highest BCUT2D eigenvalue weighted by Crippen LogP contribution is 2.29. The fraction of sp³-hybridized carbons (Fsp3) is 0.375. The van der Waals surface area contributed by atoms with Gasteiger partial charge in [0.1, 0.15) is 0 Å². The average Bonchev–Trinajstić information content (AvgIpc) is 2.38. The molecular formula is C16H19N. The van der Waals surface area contributed by atoms with E-state index < -0.39 is 0 Å². The molecule has 1 heterocycles. The molecule has 1 aliphatic heterocycles. The van der Waals surface area contributed by atoms with Crippen molar-refractivity contribution in [3.63, 3.8) is 0 Å². The summed E-state index contributed by atoms with van der Waals surface area (Å²) in [4.78, 5) is 0. The van der Waals surface area contributed by atoms with Gasteiger partial charge >= 0.3 is 0 Å². The molecule has 2 aromatic rings. The Hall–Kier alpha value is -1.34. The highest BCUT2D eigenvalue weighted by Gasteiger charge is 2.19. The van der Waals surface area contributed by atoms with Crippen molar-refractivity contribution in [1.82, 2.24) is 5.32 Å². The number of piperidine rings is 1. The van der Waals surface area contributed by atoms with Gasteiger partial charge in [0.05, 0.1) is 0 Å². The third kappa shape index (κ3) is 2.20. The zero-order chi connectivity index (χ0) is 11.7. The monoisotopic (exact) mass is 225 g/mol. The van der Waals surface area contributed by atoms with Gasteiger partial charge < -0.3 is 5.32 Å². The van der Waals surface area contributed by atoms with Crippen LogP contribution in [0.5, 0.6) is 0 Å². The maximum atomic E-state index is 3.52. The molecule has 2 aromatic carbocycles. The average molecular weight is 225 g/mol. The third-order valence-electron chi connectivity index (χ3n) is 3.87. The smallest absolute Gasteiger partial charge is 0.00445 e. The molecule has 1 nitrogen and oxygen atoms in total. The van der Waals surface area contributed by atoms with Gasteiger partial charge in [0, 0.05) is 6.04 Å². The molecule has 1 saturated heterocycles. The predicted octanol–water partition coefficient (Wildman–Crippen LogP) is 3.70. The lowest BCUT2D eigenvalue weighted by molar-refractivity contribution is 0.381. The summed E-state index contributed by atoms with van der Waals surface area (Å²) in [6.45, 7) is 3.44. The van der Waals surface area contributed by atoms with Crippen molar-refractivity contribution in [3.8, 4) is 0 Å². The lowest BCUT2D eigenvalue weighted by Crippen LogP contribution is -2.34. The number of rotatable bonds is 1. The van der Waals surface area contributed by atoms with Crippen LogP contribution < -0.4 is 5.32 Å². The standard InChI is InChI=1S/C16H19N/c1-12-10-16(8-9-17-12)15-7-6-13-4-2-3-5-14(13)11-15/h2-7,11-12,16-17H,8-10H2,1H3/t12-,16-/m1/s1. The highest BCUT2D eigenvalue weighted by atomic mass is 14.9. The molecule has 0 saturated carbocycles. The molecule has 1 fully saturated rings. The van der Waals surface area contributed by atoms with E-state index in [4.69, 9.17) is 0 Å². The highest BCUT2D eigenvalue weighted by molar-refractivity contribution is 5.83. The van der Waals surface area contributed by atoms with Crippen molar-refractivity contribution in [1.29, 1.82) is 0 Å². The van der Waals surface area contributed by atoms with Crippen molar-refractivity contribution in [2.75, 3.05) is 6.54 Å². The minimum absolute atomic E-state index is 0.653. The predicted molar refractivity (Wildman–Crippen MR) is 73.4 cm³/mol. The van der Waals surface area contributed by atoms with E-state index >= 15 is 0 Å². The van der Waals surface area contributed by atoms with E-state index in [1.165, 1.54) is 29.2 Å². The number of hydrogen-bond donors (Lipinski definition) is 1. The van der Waals surface area contributed by atoms with E-state index in [0.29, 0.717) is 6.04 Å². The summed E-state index contributed by atoms with van der Waals surface area (Å²) in [7, 11) is 0. The van der Waals surface area contributed by atoms with Gasteiger partial charge in [0.25, 0.3) is 0 Å². The second-order valence-electron chi connectivity index (χ2n) is 5.18. The maximum absolute atomic E-state index is 3.52. The number of benzene rings is 2. The fourth-order valence-corrected chi connectivity index (χ4v) is 2.90. The van der Waals surface area contributed by atoms with E-state index in [0.717, 1.165) is 12.5 Å². The first-order chi connectivity index (χ1) is 8.33. The van der Waals surface area contributed by atoms with Crippen LogP contribution in [-0.4, -0.2) is 12.6 Å². The Balaban J connectivity index is 1.94. The zero-order valence-corrected chi connectivity index (χ0v) is 10.3. The molecule has 0 aliphatic carbocycles. The van der Waals surface area contributed by atoms with Crippen LogP contribution in [0.25, 0.3) is 10.8 Å². The van der Waals surface area contributed by atoms with Gasteiger partial charge in [-0.3, -0.25) is 0 Å². The van der Waals surface area contributed by atoms with E-state index in [9.17, 15) is 0 Å². The van der Waals surface area contributed by atoms with Crippen LogP contribution >= 0.6 is 0 Å². The second-order valence-corrected chi connectivity index (χ2v) is 5.18. The Kier molecular flexibility index (Phi) is 2.86. The quantitative estimate of drug-likeness (QED) is 0.780. The van der Waals surface area contributed by atoms with E-state index in [1.807, 2.05) is 0 Å². The Morgan fingerprint density at radius 2 is 1.88 bits per heavy atom. The first-order valence-corrected chi connectivity index (χ1v) is 6.55. The SMILES string of the molecule is C[C@@H]1C[C@H](c2ccc3ccccc3c2)CCN1. The normalized spacial score (nSPS) is 25.0. The molecule has 88 valence electrons. The van der Waals surface area contributed by atoms with Crippen molar-refractivity contribution in [2.24, 2.45) is 0 Å². The summed E-state index contributed by atoms with van der Waals surface area (Å²) in [6, 6.07) is 16.2. The first-order valence-electron chi connectivity index (χ1n) is 6.55. The maximum Gasteiger partial charge on any atom is 0.00445 e. The minimum Gasteiger partial charge on any atom is -0.314 e. The molecule has 1 N–H and O–H groups in total. The Morgan fingerprint density at radius 3 is 2.71 bits per heavy atom. The summed E-state index contributed by atoms with van der Waals surface area (Å²) >= 11 is 0. The lowest BCUT2D eigenvalue weighted by atomic mass is 9.86. The van der Waals surface area contributed by atoms with Crippen molar-refractivity contribution in [3.05, 3.63) is 48.0 Å². The lowest BCUT2D eigenvalue weighted by Gasteiger charge is -2.28. The molecule has 17 heavy (non-hydrogen) atoms. The van der Waals surface area contributed by atoms with Gasteiger partial charge in [-0.25, -0.2) is 0 Å². The van der Waals surface area contributed by atoms with Gasteiger partial charge in [-0.05, 0) is 48.6 Å². The van der Waals surface area contributed by atoms with E-state index in [1.54, 1.807) is 0 Å². The first kappa shape index (κ1) is 10.8. The van der Waals surface area contributed by atoms with E-state index in [2.05, 4.69) is 54.7 Å². The molecule has 1 heteroatoms. The molecule has 0 aromatic heterocycles. The van der Waals surface area contributed by atoms with Crippen molar-refractivity contribution in [2.45, 2.75) is 31.7 Å². The second kappa shape index (κ2) is 4.50. The van der Waals surface area contributed by atoms with Crippen LogP contribution in [0, 0.1) is 0 Å². The Bertz CT molecular complexity index is 518. The molecule has 0 bridgehead atoms.